The number of methoxy groups -OCH3 is 1. The summed E-state index contributed by atoms with van der Waals surface area (Å²) in [5.74, 6) is 0.985. The zero-order chi connectivity index (χ0) is 20.9. The van der Waals surface area contributed by atoms with Gasteiger partial charge in [0.15, 0.2) is 0 Å². The summed E-state index contributed by atoms with van der Waals surface area (Å²) < 4.78 is 5.57. The Morgan fingerprint density at radius 3 is 2.37 bits per heavy atom. The molecule has 1 aromatic heterocycles. The first-order chi connectivity index (χ1) is 14.7. The fourth-order valence-corrected chi connectivity index (χ4v) is 6.13. The molecule has 0 spiro atoms. The third kappa shape index (κ3) is 4.37. The van der Waals surface area contributed by atoms with Crippen LogP contribution in [0.2, 0.25) is 0 Å². The molecule has 2 aliphatic rings. The van der Waals surface area contributed by atoms with Crippen LogP contribution in [0.1, 0.15) is 37.1 Å². The van der Waals surface area contributed by atoms with Gasteiger partial charge in [-0.3, -0.25) is 4.90 Å². The van der Waals surface area contributed by atoms with E-state index in [0.717, 1.165) is 44.4 Å². The Kier molecular flexibility index (Phi) is 7.00. The first-order valence-electron chi connectivity index (χ1n) is 11.3. The number of piperazine rings is 1. The molecule has 0 atom stereocenters. The summed E-state index contributed by atoms with van der Waals surface area (Å²) in [7, 11) is 1.77. The van der Waals surface area contributed by atoms with Gasteiger partial charge in [-0.25, -0.2) is 0 Å². The molecule has 2 aromatic rings. The van der Waals surface area contributed by atoms with Crippen LogP contribution in [0.3, 0.4) is 0 Å². The predicted molar refractivity (Wildman–Crippen MR) is 130 cm³/mol. The topological polar surface area (TPSA) is 19.0 Å². The normalized spacial score (nSPS) is 19.0. The number of hydrogen-bond donors (Lipinski definition) is 0. The molecule has 0 saturated carbocycles. The van der Waals surface area contributed by atoms with Crippen LogP contribution in [0.15, 0.2) is 35.7 Å². The standard InChI is InChI=1S/C25H35N3OS/c1-4-8-25-21(5-2)23(19-30-25)27-13-11-20(12-14-27)26-15-17-28(18-16-26)22-9-6-7-10-24(22)29-3/h4,6-10,19-20H,5,11-18H2,1-3H3/b8-4-. The monoisotopic (exact) mass is 425 g/mol. The number of nitrogens with zero attached hydrogens (tertiary/aromatic N) is 3. The van der Waals surface area contributed by atoms with E-state index >= 15 is 0 Å². The second kappa shape index (κ2) is 9.88. The molecule has 0 N–H and O–H groups in total. The average molecular weight is 426 g/mol. The van der Waals surface area contributed by atoms with Crippen molar-refractivity contribution in [1.29, 1.82) is 0 Å². The third-order valence-electron chi connectivity index (χ3n) is 6.64. The maximum atomic E-state index is 5.57. The molecule has 2 aliphatic heterocycles. The van der Waals surface area contributed by atoms with Gasteiger partial charge in [0.2, 0.25) is 0 Å². The number of allylic oxidation sites excluding steroid dienone is 1. The Morgan fingerprint density at radius 2 is 1.70 bits per heavy atom. The van der Waals surface area contributed by atoms with E-state index in [1.807, 2.05) is 17.4 Å². The summed E-state index contributed by atoms with van der Waals surface area (Å²) in [6, 6.07) is 9.12. The summed E-state index contributed by atoms with van der Waals surface area (Å²) in [4.78, 5) is 9.27. The largest absolute Gasteiger partial charge is 0.495 e. The van der Waals surface area contributed by atoms with Gasteiger partial charge in [-0.2, -0.15) is 0 Å². The molecule has 2 fully saturated rings. The van der Waals surface area contributed by atoms with Crippen LogP contribution in [-0.4, -0.2) is 57.3 Å². The molecule has 0 bridgehead atoms. The number of hydrogen-bond acceptors (Lipinski definition) is 5. The van der Waals surface area contributed by atoms with E-state index in [1.54, 1.807) is 7.11 Å². The molecule has 0 aliphatic carbocycles. The molecule has 0 amide bonds. The summed E-state index contributed by atoms with van der Waals surface area (Å²) in [5.41, 5.74) is 4.24. The van der Waals surface area contributed by atoms with Gasteiger partial charge in [-0.05, 0) is 50.0 Å². The molecule has 162 valence electrons. The highest BCUT2D eigenvalue weighted by atomic mass is 32.1. The fourth-order valence-electron chi connectivity index (χ4n) is 4.99. The second-order valence-electron chi connectivity index (χ2n) is 8.23. The highest BCUT2D eigenvalue weighted by molar-refractivity contribution is 7.11. The third-order valence-corrected chi connectivity index (χ3v) is 7.61. The maximum Gasteiger partial charge on any atom is 0.142 e. The molecule has 4 nitrogen and oxygen atoms in total. The first-order valence-corrected chi connectivity index (χ1v) is 12.2. The summed E-state index contributed by atoms with van der Waals surface area (Å²) >= 11 is 1.89. The Morgan fingerprint density at radius 1 is 1.00 bits per heavy atom. The van der Waals surface area contributed by atoms with E-state index < -0.39 is 0 Å². The van der Waals surface area contributed by atoms with Crippen LogP contribution >= 0.6 is 11.3 Å². The number of anilines is 2. The van der Waals surface area contributed by atoms with Gasteiger partial charge in [-0.15, -0.1) is 11.3 Å². The summed E-state index contributed by atoms with van der Waals surface area (Å²) in [6.45, 7) is 11.2. The lowest BCUT2D eigenvalue weighted by Gasteiger charge is -2.44. The molecular weight excluding hydrogens is 390 g/mol. The van der Waals surface area contributed by atoms with Crippen molar-refractivity contribution < 1.29 is 4.74 Å². The highest BCUT2D eigenvalue weighted by Crippen LogP contribution is 2.34. The fraction of sp³-hybridized carbons (Fsp3) is 0.520. The maximum absolute atomic E-state index is 5.57. The quantitative estimate of drug-likeness (QED) is 0.637. The van der Waals surface area contributed by atoms with Gasteiger partial charge in [-0.1, -0.05) is 25.1 Å². The molecule has 5 heteroatoms. The van der Waals surface area contributed by atoms with Crippen molar-refractivity contribution in [2.75, 3.05) is 56.2 Å². The number of ether oxygens (including phenoxy) is 1. The van der Waals surface area contributed by atoms with Crippen molar-refractivity contribution in [3.05, 3.63) is 46.2 Å². The smallest absolute Gasteiger partial charge is 0.142 e. The zero-order valence-electron chi connectivity index (χ0n) is 18.6. The van der Waals surface area contributed by atoms with Crippen molar-refractivity contribution in [3.8, 4) is 5.75 Å². The van der Waals surface area contributed by atoms with E-state index in [2.05, 4.69) is 64.3 Å². The van der Waals surface area contributed by atoms with Crippen LogP contribution < -0.4 is 14.5 Å². The minimum Gasteiger partial charge on any atom is -0.495 e. The molecule has 30 heavy (non-hydrogen) atoms. The first kappa shape index (κ1) is 21.3. The van der Waals surface area contributed by atoms with E-state index in [4.69, 9.17) is 4.74 Å². The lowest BCUT2D eigenvalue weighted by atomic mass is 10.0. The molecule has 0 unspecified atom stereocenters. The van der Waals surface area contributed by atoms with Crippen LogP contribution in [0.25, 0.3) is 6.08 Å². The van der Waals surface area contributed by atoms with Crippen LogP contribution in [0.4, 0.5) is 11.4 Å². The SMILES string of the molecule is C/C=C\c1scc(N2CCC(N3CCN(c4ccccc4OC)CC3)CC2)c1CC. The van der Waals surface area contributed by atoms with Crippen molar-refractivity contribution >= 4 is 28.8 Å². The zero-order valence-corrected chi connectivity index (χ0v) is 19.5. The molecule has 0 radical (unpaired) electrons. The van der Waals surface area contributed by atoms with Crippen molar-refractivity contribution in [2.24, 2.45) is 0 Å². The molecule has 2 saturated heterocycles. The van der Waals surface area contributed by atoms with Gasteiger partial charge < -0.3 is 14.5 Å². The Bertz CT molecular complexity index is 846. The van der Waals surface area contributed by atoms with Gasteiger partial charge in [0.1, 0.15) is 5.75 Å². The highest BCUT2D eigenvalue weighted by Gasteiger charge is 2.29. The van der Waals surface area contributed by atoms with Gasteiger partial charge >= 0.3 is 0 Å². The number of benzene rings is 1. The number of para-hydroxylation sites is 2. The van der Waals surface area contributed by atoms with E-state index in [9.17, 15) is 0 Å². The van der Waals surface area contributed by atoms with Crippen molar-refractivity contribution in [2.45, 2.75) is 39.2 Å². The van der Waals surface area contributed by atoms with E-state index in [1.165, 1.54) is 47.7 Å². The van der Waals surface area contributed by atoms with Gasteiger partial charge in [0, 0.05) is 55.6 Å². The lowest BCUT2D eigenvalue weighted by molar-refractivity contribution is 0.159. The number of thiophene rings is 1. The Hall–Kier alpha value is -1.98. The van der Waals surface area contributed by atoms with E-state index in [-0.39, 0.29) is 0 Å². The number of rotatable bonds is 6. The predicted octanol–water partition coefficient (Wildman–Crippen LogP) is 5.14. The van der Waals surface area contributed by atoms with E-state index in [0.29, 0.717) is 0 Å². The molecular formula is C25H35N3OS. The molecule has 4 rings (SSSR count). The second-order valence-corrected chi connectivity index (χ2v) is 9.14. The minimum atomic E-state index is 0.722. The minimum absolute atomic E-state index is 0.722. The molecule has 3 heterocycles. The van der Waals surface area contributed by atoms with Gasteiger partial charge in [0.25, 0.3) is 0 Å². The molecule has 1 aromatic carbocycles. The van der Waals surface area contributed by atoms with Crippen LogP contribution in [0, 0.1) is 0 Å². The van der Waals surface area contributed by atoms with Crippen LogP contribution in [0.5, 0.6) is 5.75 Å². The van der Waals surface area contributed by atoms with Crippen molar-refractivity contribution in [3.63, 3.8) is 0 Å². The Labute approximate surface area is 185 Å². The Balaban J connectivity index is 1.32. The van der Waals surface area contributed by atoms with Gasteiger partial charge in [0.05, 0.1) is 18.5 Å². The lowest BCUT2D eigenvalue weighted by Crippen LogP contribution is -2.53. The van der Waals surface area contributed by atoms with Crippen molar-refractivity contribution in [1.82, 2.24) is 4.90 Å². The summed E-state index contributed by atoms with van der Waals surface area (Å²) in [6.07, 6.45) is 8.08. The van der Waals surface area contributed by atoms with Crippen LogP contribution in [-0.2, 0) is 6.42 Å². The average Bonchev–Trinajstić information content (AvgIpc) is 3.22. The summed E-state index contributed by atoms with van der Waals surface area (Å²) in [5, 5.41) is 2.38. The number of piperidine rings is 1.